The van der Waals surface area contributed by atoms with Crippen LogP contribution in [0.4, 0.5) is 0 Å². The number of nitrogens with zero attached hydrogens (tertiary/aromatic N) is 4. The zero-order chi connectivity index (χ0) is 13.0. The third-order valence-corrected chi connectivity index (χ3v) is 3.43. The van der Waals surface area contributed by atoms with Crippen LogP contribution in [0.3, 0.4) is 0 Å². The zero-order valence-corrected chi connectivity index (χ0v) is 10.4. The highest BCUT2D eigenvalue weighted by molar-refractivity contribution is 5.68. The molecular formula is C11H18N4O3. The number of hydrogen-bond donors (Lipinski definition) is 1. The maximum Gasteiger partial charge on any atom is 0.327 e. The van der Waals surface area contributed by atoms with Crippen LogP contribution < -0.4 is 0 Å². The van der Waals surface area contributed by atoms with E-state index in [0.717, 1.165) is 25.7 Å². The molecule has 0 bridgehead atoms. The number of carbonyl (C=O) groups excluding carboxylic acids is 1. The zero-order valence-electron chi connectivity index (χ0n) is 10.4. The summed E-state index contributed by atoms with van der Waals surface area (Å²) in [6.45, 7) is -0.0669. The average Bonchev–Trinajstić information content (AvgIpc) is 2.86. The maximum absolute atomic E-state index is 11.2. The van der Waals surface area contributed by atoms with Gasteiger partial charge in [0.2, 0.25) is 0 Å². The van der Waals surface area contributed by atoms with Crippen LogP contribution in [0.2, 0.25) is 0 Å². The number of hydrogen-bond acceptors (Lipinski definition) is 6. The second-order valence-corrected chi connectivity index (χ2v) is 4.61. The Morgan fingerprint density at radius 3 is 2.89 bits per heavy atom. The highest BCUT2D eigenvalue weighted by atomic mass is 16.5. The Labute approximate surface area is 105 Å². The first-order valence-electron chi connectivity index (χ1n) is 6.23. The van der Waals surface area contributed by atoms with Crippen molar-refractivity contribution in [1.29, 1.82) is 0 Å². The Balaban J connectivity index is 2.07. The Kier molecular flexibility index (Phi) is 4.24. The summed E-state index contributed by atoms with van der Waals surface area (Å²) in [6.07, 6.45) is 4.72. The van der Waals surface area contributed by atoms with Gasteiger partial charge in [0.15, 0.2) is 5.82 Å². The van der Waals surface area contributed by atoms with Gasteiger partial charge in [-0.3, -0.25) is 4.79 Å². The first-order chi connectivity index (χ1) is 8.72. The number of ether oxygens (including phenoxy) is 1. The molecule has 0 aromatic carbocycles. The Bertz CT molecular complexity index is 401. The molecule has 7 nitrogen and oxygen atoms in total. The molecule has 0 saturated heterocycles. The van der Waals surface area contributed by atoms with Crippen molar-refractivity contribution in [1.82, 2.24) is 20.2 Å². The van der Waals surface area contributed by atoms with E-state index in [0.29, 0.717) is 5.82 Å². The van der Waals surface area contributed by atoms with E-state index in [1.54, 1.807) is 0 Å². The molecule has 100 valence electrons. The van der Waals surface area contributed by atoms with Crippen molar-refractivity contribution < 1.29 is 14.6 Å². The summed E-state index contributed by atoms with van der Waals surface area (Å²) in [6, 6.07) is 0. The van der Waals surface area contributed by atoms with Crippen molar-refractivity contribution in [3.8, 4) is 0 Å². The number of rotatable bonds is 4. The molecule has 1 atom stereocenters. The number of aliphatic hydroxyl groups is 1. The number of carbonyl (C=O) groups is 1. The van der Waals surface area contributed by atoms with Gasteiger partial charge < -0.3 is 9.84 Å². The number of methoxy groups -OCH3 is 1. The Morgan fingerprint density at radius 2 is 2.22 bits per heavy atom. The monoisotopic (exact) mass is 254 g/mol. The topological polar surface area (TPSA) is 90.1 Å². The predicted octanol–water partition coefficient (Wildman–Crippen LogP) is 0.460. The van der Waals surface area contributed by atoms with Crippen molar-refractivity contribution >= 4 is 5.97 Å². The molecule has 0 unspecified atom stereocenters. The maximum atomic E-state index is 11.2. The first kappa shape index (κ1) is 12.9. The van der Waals surface area contributed by atoms with E-state index in [-0.39, 0.29) is 12.5 Å². The largest absolute Gasteiger partial charge is 0.468 e. The minimum absolute atomic E-state index is 0.0669. The van der Waals surface area contributed by atoms with Crippen LogP contribution in [0.1, 0.15) is 44.0 Å². The van der Waals surface area contributed by atoms with E-state index in [4.69, 9.17) is 0 Å². The van der Waals surface area contributed by atoms with E-state index < -0.39 is 12.1 Å². The van der Waals surface area contributed by atoms with Gasteiger partial charge in [0.25, 0.3) is 0 Å². The molecule has 0 aliphatic heterocycles. The van der Waals surface area contributed by atoms with Crippen LogP contribution in [0, 0.1) is 5.92 Å². The van der Waals surface area contributed by atoms with Gasteiger partial charge in [-0.05, 0) is 29.2 Å². The number of aromatic nitrogens is 4. The Hall–Kier alpha value is -1.50. The first-order valence-corrected chi connectivity index (χ1v) is 6.23. The minimum Gasteiger partial charge on any atom is -0.468 e. The SMILES string of the molecule is COC(=O)Cn1nnnc1[C@@H](O)C1CCCCC1. The van der Waals surface area contributed by atoms with Gasteiger partial charge >= 0.3 is 5.97 Å². The second kappa shape index (κ2) is 5.90. The molecule has 1 aliphatic carbocycles. The van der Waals surface area contributed by atoms with Crippen molar-refractivity contribution in [2.24, 2.45) is 5.92 Å². The molecule has 1 aliphatic rings. The summed E-state index contributed by atoms with van der Waals surface area (Å²) < 4.78 is 5.88. The van der Waals surface area contributed by atoms with Gasteiger partial charge in [-0.25, -0.2) is 4.68 Å². The lowest BCUT2D eigenvalue weighted by Gasteiger charge is -2.25. The quantitative estimate of drug-likeness (QED) is 0.785. The highest BCUT2D eigenvalue weighted by Crippen LogP contribution is 2.33. The molecule has 1 N–H and O–H groups in total. The molecule has 1 aromatic heterocycles. The van der Waals surface area contributed by atoms with Gasteiger partial charge in [-0.15, -0.1) is 5.10 Å². The summed E-state index contributed by atoms with van der Waals surface area (Å²) >= 11 is 0. The van der Waals surface area contributed by atoms with Gasteiger partial charge in [-0.2, -0.15) is 0 Å². The molecule has 0 spiro atoms. The van der Waals surface area contributed by atoms with E-state index in [2.05, 4.69) is 20.3 Å². The molecule has 1 fully saturated rings. The lowest BCUT2D eigenvalue weighted by Crippen LogP contribution is -2.22. The number of aliphatic hydroxyl groups excluding tert-OH is 1. The highest BCUT2D eigenvalue weighted by Gasteiger charge is 2.28. The average molecular weight is 254 g/mol. The van der Waals surface area contributed by atoms with E-state index in [1.165, 1.54) is 18.2 Å². The summed E-state index contributed by atoms with van der Waals surface area (Å²) in [4.78, 5) is 11.2. The molecule has 1 saturated carbocycles. The summed E-state index contributed by atoms with van der Waals surface area (Å²) in [7, 11) is 1.31. The second-order valence-electron chi connectivity index (χ2n) is 4.61. The number of tetrazole rings is 1. The van der Waals surface area contributed by atoms with Crippen LogP contribution in [-0.4, -0.2) is 38.4 Å². The van der Waals surface area contributed by atoms with Gasteiger partial charge in [0, 0.05) is 0 Å². The molecule has 7 heteroatoms. The molecule has 1 aromatic rings. The van der Waals surface area contributed by atoms with Crippen molar-refractivity contribution in [2.45, 2.75) is 44.8 Å². The number of esters is 1. The summed E-state index contributed by atoms with van der Waals surface area (Å²) in [5.41, 5.74) is 0. The van der Waals surface area contributed by atoms with E-state index >= 15 is 0 Å². The molecule has 0 amide bonds. The van der Waals surface area contributed by atoms with Crippen molar-refractivity contribution in [2.75, 3.05) is 7.11 Å². The molecule has 0 radical (unpaired) electrons. The summed E-state index contributed by atoms with van der Waals surface area (Å²) in [5.74, 6) is 0.104. The van der Waals surface area contributed by atoms with E-state index in [1.807, 2.05) is 0 Å². The molecule has 1 heterocycles. The van der Waals surface area contributed by atoms with Crippen LogP contribution in [-0.2, 0) is 16.1 Å². The van der Waals surface area contributed by atoms with Gasteiger partial charge in [0.1, 0.15) is 12.6 Å². The van der Waals surface area contributed by atoms with Crippen LogP contribution in [0.15, 0.2) is 0 Å². The van der Waals surface area contributed by atoms with Gasteiger partial charge in [-0.1, -0.05) is 19.3 Å². The van der Waals surface area contributed by atoms with Crippen LogP contribution >= 0.6 is 0 Å². The van der Waals surface area contributed by atoms with Crippen molar-refractivity contribution in [3.05, 3.63) is 5.82 Å². The standard InChI is InChI=1S/C11H18N4O3/c1-18-9(16)7-15-11(12-13-14-15)10(17)8-5-3-2-4-6-8/h8,10,17H,2-7H2,1H3/t10-/m0/s1. The predicted molar refractivity (Wildman–Crippen MR) is 61.4 cm³/mol. The minimum atomic E-state index is -0.704. The smallest absolute Gasteiger partial charge is 0.327 e. The molecule has 2 rings (SSSR count). The lowest BCUT2D eigenvalue weighted by atomic mass is 9.85. The van der Waals surface area contributed by atoms with Crippen LogP contribution in [0.5, 0.6) is 0 Å². The summed E-state index contributed by atoms with van der Waals surface area (Å²) in [5, 5.41) is 21.3. The Morgan fingerprint density at radius 1 is 1.50 bits per heavy atom. The van der Waals surface area contributed by atoms with Crippen LogP contribution in [0.25, 0.3) is 0 Å². The van der Waals surface area contributed by atoms with Crippen molar-refractivity contribution in [3.63, 3.8) is 0 Å². The molecular weight excluding hydrogens is 236 g/mol. The fraction of sp³-hybridized carbons (Fsp3) is 0.818. The lowest BCUT2D eigenvalue weighted by molar-refractivity contribution is -0.141. The fourth-order valence-electron chi connectivity index (χ4n) is 2.38. The van der Waals surface area contributed by atoms with Gasteiger partial charge in [0.05, 0.1) is 7.11 Å². The van der Waals surface area contributed by atoms with E-state index in [9.17, 15) is 9.90 Å². The normalized spacial score (nSPS) is 18.6. The third kappa shape index (κ3) is 2.84. The fourth-order valence-corrected chi connectivity index (χ4v) is 2.38. The molecule has 18 heavy (non-hydrogen) atoms. The third-order valence-electron chi connectivity index (χ3n) is 3.43.